The van der Waals surface area contributed by atoms with Gasteiger partial charge in [0, 0.05) is 30.5 Å². The average Bonchev–Trinajstić information content (AvgIpc) is 2.92. The van der Waals surface area contributed by atoms with Gasteiger partial charge in [0.2, 0.25) is 0 Å². The van der Waals surface area contributed by atoms with Crippen LogP contribution in [0.25, 0.3) is 0 Å². The topological polar surface area (TPSA) is 89.3 Å². The van der Waals surface area contributed by atoms with Gasteiger partial charge in [-0.25, -0.2) is 0 Å². The highest BCUT2D eigenvalue weighted by molar-refractivity contribution is 5.99. The summed E-state index contributed by atoms with van der Waals surface area (Å²) in [5.74, 6) is 5.64. The highest BCUT2D eigenvalue weighted by atomic mass is 16.5. The van der Waals surface area contributed by atoms with E-state index in [0.717, 1.165) is 18.7 Å². The average molecular weight is 264 g/mol. The molecular formula is C13H20N4O2. The molecule has 0 aromatic carbocycles. The van der Waals surface area contributed by atoms with Crippen LogP contribution in [0.2, 0.25) is 0 Å². The van der Waals surface area contributed by atoms with E-state index in [9.17, 15) is 4.79 Å². The van der Waals surface area contributed by atoms with Crippen LogP contribution in [0.15, 0.2) is 12.3 Å². The number of aromatic nitrogens is 1. The summed E-state index contributed by atoms with van der Waals surface area (Å²) in [7, 11) is 0. The summed E-state index contributed by atoms with van der Waals surface area (Å²) in [5, 5.41) is 2.98. The van der Waals surface area contributed by atoms with Gasteiger partial charge in [-0.05, 0) is 26.3 Å². The maximum atomic E-state index is 12.2. The summed E-state index contributed by atoms with van der Waals surface area (Å²) >= 11 is 0. The lowest BCUT2D eigenvalue weighted by Gasteiger charge is -2.20. The second-order valence-corrected chi connectivity index (χ2v) is 4.90. The molecule has 4 N–H and O–H groups in total. The normalized spacial score (nSPS) is 20.1. The first-order valence-electron chi connectivity index (χ1n) is 6.43. The standard InChI is InChI=1S/C13H20N4O2/c1-8-5-12(17-14)11(6-15-8)13(18)16-9(2)10-3-4-19-7-10/h5-6,9-10H,3-4,7,14H2,1-2H3,(H,15,17)(H,16,18). The monoisotopic (exact) mass is 264 g/mol. The third-order valence-corrected chi connectivity index (χ3v) is 3.47. The first-order chi connectivity index (χ1) is 9.11. The number of anilines is 1. The fourth-order valence-corrected chi connectivity index (χ4v) is 2.21. The molecule has 1 aromatic heterocycles. The van der Waals surface area contributed by atoms with Gasteiger partial charge in [-0.2, -0.15) is 0 Å². The number of amides is 1. The number of hydrazine groups is 1. The zero-order chi connectivity index (χ0) is 13.8. The van der Waals surface area contributed by atoms with Gasteiger partial charge >= 0.3 is 0 Å². The molecule has 1 amide bonds. The number of nitrogens with two attached hydrogens (primary N) is 1. The summed E-state index contributed by atoms with van der Waals surface area (Å²) < 4.78 is 5.33. The van der Waals surface area contributed by atoms with Crippen molar-refractivity contribution in [3.63, 3.8) is 0 Å². The van der Waals surface area contributed by atoms with Gasteiger partial charge in [-0.15, -0.1) is 0 Å². The Morgan fingerprint density at radius 3 is 3.05 bits per heavy atom. The van der Waals surface area contributed by atoms with Crippen LogP contribution in [-0.4, -0.2) is 30.1 Å². The highest BCUT2D eigenvalue weighted by Gasteiger charge is 2.24. The van der Waals surface area contributed by atoms with E-state index < -0.39 is 0 Å². The molecular weight excluding hydrogens is 244 g/mol. The number of rotatable bonds is 4. The van der Waals surface area contributed by atoms with Gasteiger partial charge in [0.25, 0.3) is 5.91 Å². The lowest BCUT2D eigenvalue weighted by Crippen LogP contribution is -2.38. The molecule has 104 valence electrons. The van der Waals surface area contributed by atoms with Crippen molar-refractivity contribution in [2.75, 3.05) is 18.6 Å². The number of nitrogens with zero attached hydrogens (tertiary/aromatic N) is 1. The van der Waals surface area contributed by atoms with E-state index in [-0.39, 0.29) is 11.9 Å². The van der Waals surface area contributed by atoms with Gasteiger partial charge in [-0.3, -0.25) is 15.6 Å². The third kappa shape index (κ3) is 3.21. The van der Waals surface area contributed by atoms with Crippen LogP contribution in [0.1, 0.15) is 29.4 Å². The molecule has 0 saturated carbocycles. The number of pyridine rings is 1. The van der Waals surface area contributed by atoms with Crippen LogP contribution in [0.5, 0.6) is 0 Å². The second kappa shape index (κ2) is 5.99. The van der Waals surface area contributed by atoms with Gasteiger partial charge in [0.15, 0.2) is 0 Å². The van der Waals surface area contributed by atoms with Crippen LogP contribution in [0.3, 0.4) is 0 Å². The van der Waals surface area contributed by atoms with Crippen LogP contribution in [0.4, 0.5) is 5.69 Å². The van der Waals surface area contributed by atoms with Crippen molar-refractivity contribution in [1.82, 2.24) is 10.3 Å². The summed E-state index contributed by atoms with van der Waals surface area (Å²) in [6.07, 6.45) is 2.52. The van der Waals surface area contributed by atoms with Crippen LogP contribution < -0.4 is 16.6 Å². The summed E-state index contributed by atoms with van der Waals surface area (Å²) in [6.45, 7) is 5.32. The van der Waals surface area contributed by atoms with Crippen molar-refractivity contribution in [1.29, 1.82) is 0 Å². The van der Waals surface area contributed by atoms with Gasteiger partial charge in [0.05, 0.1) is 17.9 Å². The maximum absolute atomic E-state index is 12.2. The summed E-state index contributed by atoms with van der Waals surface area (Å²) in [5.41, 5.74) is 4.38. The van der Waals surface area contributed by atoms with E-state index >= 15 is 0 Å². The minimum absolute atomic E-state index is 0.0712. The molecule has 1 aliphatic heterocycles. The second-order valence-electron chi connectivity index (χ2n) is 4.90. The molecule has 2 unspecified atom stereocenters. The van der Waals surface area contributed by atoms with Crippen molar-refractivity contribution in [3.05, 3.63) is 23.5 Å². The predicted molar refractivity (Wildman–Crippen MR) is 72.6 cm³/mol. The van der Waals surface area contributed by atoms with Crippen molar-refractivity contribution in [3.8, 4) is 0 Å². The molecule has 1 fully saturated rings. The molecule has 1 saturated heterocycles. The molecule has 0 bridgehead atoms. The van der Waals surface area contributed by atoms with Gasteiger partial charge in [0.1, 0.15) is 0 Å². The fourth-order valence-electron chi connectivity index (χ4n) is 2.21. The van der Waals surface area contributed by atoms with E-state index in [4.69, 9.17) is 10.6 Å². The molecule has 2 heterocycles. The Labute approximate surface area is 112 Å². The fraction of sp³-hybridized carbons (Fsp3) is 0.538. The highest BCUT2D eigenvalue weighted by Crippen LogP contribution is 2.18. The van der Waals surface area contributed by atoms with Crippen molar-refractivity contribution in [2.45, 2.75) is 26.3 Å². The Kier molecular flexibility index (Phi) is 4.34. The van der Waals surface area contributed by atoms with E-state index in [2.05, 4.69) is 15.7 Å². The van der Waals surface area contributed by atoms with Crippen LogP contribution in [0, 0.1) is 12.8 Å². The number of ether oxygens (including phenoxy) is 1. The predicted octanol–water partition coefficient (Wildman–Crippen LogP) is 0.830. The Morgan fingerprint density at radius 2 is 2.42 bits per heavy atom. The SMILES string of the molecule is Cc1cc(NN)c(C(=O)NC(C)C2CCOC2)cn1. The minimum Gasteiger partial charge on any atom is -0.381 e. The van der Waals surface area contributed by atoms with E-state index in [0.29, 0.717) is 23.8 Å². The number of aryl methyl sites for hydroxylation is 1. The minimum atomic E-state index is -0.167. The zero-order valence-corrected chi connectivity index (χ0v) is 11.3. The lowest BCUT2D eigenvalue weighted by atomic mass is 10.0. The van der Waals surface area contributed by atoms with E-state index in [1.54, 1.807) is 6.07 Å². The third-order valence-electron chi connectivity index (χ3n) is 3.47. The number of carbonyl (C=O) groups excluding carboxylic acids is 1. The number of carbonyl (C=O) groups is 1. The Morgan fingerprint density at radius 1 is 1.63 bits per heavy atom. The van der Waals surface area contributed by atoms with Crippen molar-refractivity contribution >= 4 is 11.6 Å². The number of hydrogen-bond donors (Lipinski definition) is 3. The Bertz CT molecular complexity index is 458. The van der Waals surface area contributed by atoms with E-state index in [1.165, 1.54) is 6.20 Å². The molecule has 0 aliphatic carbocycles. The number of nitrogens with one attached hydrogen (secondary N) is 2. The smallest absolute Gasteiger partial charge is 0.255 e. The largest absolute Gasteiger partial charge is 0.381 e. The molecule has 6 nitrogen and oxygen atoms in total. The van der Waals surface area contributed by atoms with Crippen molar-refractivity contribution < 1.29 is 9.53 Å². The molecule has 6 heteroatoms. The van der Waals surface area contributed by atoms with Crippen molar-refractivity contribution in [2.24, 2.45) is 11.8 Å². The molecule has 0 radical (unpaired) electrons. The van der Waals surface area contributed by atoms with Gasteiger partial charge < -0.3 is 15.5 Å². The molecule has 1 aliphatic rings. The van der Waals surface area contributed by atoms with Crippen LogP contribution in [-0.2, 0) is 4.74 Å². The summed E-state index contributed by atoms with van der Waals surface area (Å²) in [4.78, 5) is 16.3. The Hall–Kier alpha value is -1.66. The van der Waals surface area contributed by atoms with E-state index in [1.807, 2.05) is 13.8 Å². The van der Waals surface area contributed by atoms with Gasteiger partial charge in [-0.1, -0.05) is 0 Å². The number of nitrogen functional groups attached to an aromatic ring is 1. The first-order valence-corrected chi connectivity index (χ1v) is 6.43. The molecule has 2 atom stereocenters. The summed E-state index contributed by atoms with van der Waals surface area (Å²) in [6, 6.07) is 1.82. The molecule has 0 spiro atoms. The molecule has 19 heavy (non-hydrogen) atoms. The van der Waals surface area contributed by atoms with Crippen LogP contribution >= 0.6 is 0 Å². The lowest BCUT2D eigenvalue weighted by molar-refractivity contribution is 0.0922. The molecule has 2 rings (SSSR count). The first kappa shape index (κ1) is 13.8. The maximum Gasteiger partial charge on any atom is 0.255 e. The zero-order valence-electron chi connectivity index (χ0n) is 11.3. The Balaban J connectivity index is 2.06. The molecule has 1 aromatic rings. The number of hydrogen-bond acceptors (Lipinski definition) is 5. The quantitative estimate of drug-likeness (QED) is 0.553.